The molecule has 16 heavy (non-hydrogen) atoms. The number of hydrogen-bond acceptors (Lipinski definition) is 6. The molecule has 1 atom stereocenters. The fraction of sp³-hybridized carbons (Fsp3) is 0.600. The third kappa shape index (κ3) is 4.89. The number of aliphatic hydroxyl groups excluding tert-OH is 1. The van der Waals surface area contributed by atoms with Crippen LogP contribution in [-0.4, -0.2) is 32.6 Å². The van der Waals surface area contributed by atoms with Crippen LogP contribution < -0.4 is 0 Å². The topological polar surface area (TPSA) is 75.5 Å². The third-order valence-corrected chi connectivity index (χ3v) is 2.96. The quantitative estimate of drug-likeness (QED) is 0.580. The zero-order valence-corrected chi connectivity index (χ0v) is 10.1. The number of hydrogen-bond donors (Lipinski definition) is 2. The summed E-state index contributed by atoms with van der Waals surface area (Å²) in [6, 6.07) is 0. The minimum Gasteiger partial charge on any atom is -0.396 e. The predicted molar refractivity (Wildman–Crippen MR) is 61.4 cm³/mol. The first-order chi connectivity index (χ1) is 7.53. The van der Waals surface area contributed by atoms with Crippen molar-refractivity contribution in [2.45, 2.75) is 31.3 Å². The number of nitrogens with zero attached hydrogens (tertiary/aromatic N) is 2. The Bertz CT molecular complexity index is 303. The van der Waals surface area contributed by atoms with Gasteiger partial charge in [0.05, 0.1) is 5.25 Å². The summed E-state index contributed by atoms with van der Waals surface area (Å²) in [4.78, 5) is 7.82. The molecule has 1 aromatic heterocycles. The molecule has 0 bridgehead atoms. The summed E-state index contributed by atoms with van der Waals surface area (Å²) in [5, 5.41) is 18.3. The molecular formula is C10H16N2O3S. The van der Waals surface area contributed by atoms with Gasteiger partial charge in [-0.15, -0.1) is 0 Å². The molecule has 1 heterocycles. The normalized spacial score (nSPS) is 13.8. The van der Waals surface area contributed by atoms with Gasteiger partial charge in [0.2, 0.25) is 0 Å². The molecule has 0 spiro atoms. The van der Waals surface area contributed by atoms with E-state index >= 15 is 0 Å². The molecule has 5 nitrogen and oxygen atoms in total. The molecule has 1 aromatic rings. The van der Waals surface area contributed by atoms with Crippen molar-refractivity contribution in [2.75, 3.05) is 6.61 Å². The summed E-state index contributed by atoms with van der Waals surface area (Å²) in [5.41, 5.74) is 0.866. The molecule has 0 radical (unpaired) electrons. The summed E-state index contributed by atoms with van der Waals surface area (Å²) in [6.45, 7) is 3.15. The third-order valence-electron chi connectivity index (χ3n) is 1.71. The predicted octanol–water partition coefficient (Wildman–Crippen LogP) is 1.29. The fourth-order valence-electron chi connectivity index (χ4n) is 1.04. The molecule has 0 aliphatic heterocycles. The van der Waals surface area contributed by atoms with E-state index in [1.807, 2.05) is 0 Å². The lowest BCUT2D eigenvalue weighted by Crippen LogP contribution is -2.20. The first-order valence-corrected chi connectivity index (χ1v) is 5.76. The molecule has 1 unspecified atom stereocenters. The van der Waals surface area contributed by atoms with Crippen LogP contribution in [0, 0.1) is 0 Å². The summed E-state index contributed by atoms with van der Waals surface area (Å²) in [7, 11) is 0. The van der Waals surface area contributed by atoms with Crippen molar-refractivity contribution in [3.05, 3.63) is 24.3 Å². The highest BCUT2D eigenvalue weighted by Gasteiger charge is 2.19. The van der Waals surface area contributed by atoms with Crippen LogP contribution in [0.25, 0.3) is 0 Å². The first kappa shape index (κ1) is 13.4. The van der Waals surface area contributed by atoms with Crippen molar-refractivity contribution in [1.29, 1.82) is 0 Å². The van der Waals surface area contributed by atoms with Crippen LogP contribution in [0.15, 0.2) is 18.7 Å². The van der Waals surface area contributed by atoms with Crippen LogP contribution in [0.1, 0.15) is 31.1 Å². The van der Waals surface area contributed by atoms with Gasteiger partial charge in [-0.25, -0.2) is 9.97 Å². The lowest BCUT2D eigenvalue weighted by atomic mass is 10.2. The van der Waals surface area contributed by atoms with Crippen molar-refractivity contribution in [1.82, 2.24) is 9.97 Å². The standard InChI is InChI=1S/C10H16N2O3S/c1-10(2,14)15-16-9(3-4-13)8-5-11-7-12-6-8/h5-7,9,13-14H,3-4H2,1-2H3. The highest BCUT2D eigenvalue weighted by molar-refractivity contribution is 7.94. The van der Waals surface area contributed by atoms with E-state index in [1.54, 1.807) is 26.2 Å². The van der Waals surface area contributed by atoms with E-state index in [4.69, 9.17) is 9.29 Å². The van der Waals surface area contributed by atoms with Gasteiger partial charge in [0.15, 0.2) is 5.79 Å². The maximum absolute atomic E-state index is 9.44. The van der Waals surface area contributed by atoms with Crippen molar-refractivity contribution < 1.29 is 14.4 Å². The van der Waals surface area contributed by atoms with E-state index in [0.29, 0.717) is 6.42 Å². The van der Waals surface area contributed by atoms with E-state index in [0.717, 1.165) is 17.6 Å². The maximum Gasteiger partial charge on any atom is 0.172 e. The van der Waals surface area contributed by atoms with Crippen LogP contribution in [0.4, 0.5) is 0 Å². The number of aromatic nitrogens is 2. The van der Waals surface area contributed by atoms with Crippen molar-refractivity contribution in [3.8, 4) is 0 Å². The highest BCUT2D eigenvalue weighted by atomic mass is 32.2. The Kier molecular flexibility index (Phi) is 5.14. The van der Waals surface area contributed by atoms with E-state index < -0.39 is 5.79 Å². The Balaban J connectivity index is 2.61. The summed E-state index contributed by atoms with van der Waals surface area (Å²) in [5.74, 6) is -1.20. The monoisotopic (exact) mass is 244 g/mol. The molecule has 0 aliphatic carbocycles. The fourth-order valence-corrected chi connectivity index (χ4v) is 1.83. The van der Waals surface area contributed by atoms with Gasteiger partial charge in [0.25, 0.3) is 0 Å². The Labute approximate surface area is 99.1 Å². The van der Waals surface area contributed by atoms with E-state index in [9.17, 15) is 5.11 Å². The van der Waals surface area contributed by atoms with Gasteiger partial charge < -0.3 is 10.2 Å². The van der Waals surface area contributed by atoms with Crippen LogP contribution in [0.5, 0.6) is 0 Å². The second-order valence-electron chi connectivity index (χ2n) is 3.80. The summed E-state index contributed by atoms with van der Waals surface area (Å²) >= 11 is 1.12. The van der Waals surface area contributed by atoms with Crippen LogP contribution in [0.2, 0.25) is 0 Å². The maximum atomic E-state index is 9.44. The van der Waals surface area contributed by atoms with Gasteiger partial charge in [-0.3, -0.25) is 4.18 Å². The highest BCUT2D eigenvalue weighted by Crippen LogP contribution is 2.34. The lowest BCUT2D eigenvalue weighted by Gasteiger charge is -2.21. The Morgan fingerprint density at radius 2 is 2.06 bits per heavy atom. The average molecular weight is 244 g/mol. The Morgan fingerprint density at radius 1 is 1.44 bits per heavy atom. The van der Waals surface area contributed by atoms with E-state index in [1.165, 1.54) is 6.33 Å². The van der Waals surface area contributed by atoms with Gasteiger partial charge in [-0.2, -0.15) is 0 Å². The average Bonchev–Trinajstić information content (AvgIpc) is 2.24. The molecule has 6 heteroatoms. The lowest BCUT2D eigenvalue weighted by molar-refractivity contribution is -0.0916. The van der Waals surface area contributed by atoms with Crippen LogP contribution in [-0.2, 0) is 4.18 Å². The number of rotatable bonds is 6. The van der Waals surface area contributed by atoms with Gasteiger partial charge in [0, 0.05) is 36.6 Å². The van der Waals surface area contributed by atoms with E-state index in [-0.39, 0.29) is 11.9 Å². The molecule has 0 aromatic carbocycles. The largest absolute Gasteiger partial charge is 0.396 e. The minimum absolute atomic E-state index is 0.0434. The Morgan fingerprint density at radius 3 is 2.56 bits per heavy atom. The molecule has 0 amide bonds. The van der Waals surface area contributed by atoms with Crippen LogP contribution in [0.3, 0.4) is 0 Å². The minimum atomic E-state index is -1.20. The molecule has 0 saturated heterocycles. The summed E-state index contributed by atoms with van der Waals surface area (Å²) in [6.07, 6.45) is 5.32. The van der Waals surface area contributed by atoms with Crippen molar-refractivity contribution >= 4 is 12.0 Å². The van der Waals surface area contributed by atoms with Crippen molar-refractivity contribution in [2.24, 2.45) is 0 Å². The SMILES string of the molecule is CC(C)(O)OSC(CCO)c1cncnc1. The molecule has 0 saturated carbocycles. The second kappa shape index (κ2) is 6.15. The van der Waals surface area contributed by atoms with Gasteiger partial charge in [-0.05, 0) is 20.3 Å². The zero-order valence-electron chi connectivity index (χ0n) is 9.33. The molecule has 2 N–H and O–H groups in total. The zero-order chi connectivity index (χ0) is 12.0. The summed E-state index contributed by atoms with van der Waals surface area (Å²) < 4.78 is 5.20. The molecular weight excluding hydrogens is 228 g/mol. The molecule has 0 aliphatic rings. The van der Waals surface area contributed by atoms with Crippen molar-refractivity contribution in [3.63, 3.8) is 0 Å². The molecule has 90 valence electrons. The van der Waals surface area contributed by atoms with E-state index in [2.05, 4.69) is 9.97 Å². The molecule has 1 rings (SSSR count). The first-order valence-electron chi connectivity index (χ1n) is 4.95. The van der Waals surface area contributed by atoms with Gasteiger partial charge in [0.1, 0.15) is 6.33 Å². The number of aliphatic hydroxyl groups is 2. The Hall–Kier alpha value is -0.690. The molecule has 0 fully saturated rings. The second-order valence-corrected chi connectivity index (χ2v) is 4.73. The van der Waals surface area contributed by atoms with Crippen LogP contribution >= 0.6 is 12.0 Å². The van der Waals surface area contributed by atoms with Gasteiger partial charge in [-0.1, -0.05) is 0 Å². The van der Waals surface area contributed by atoms with Gasteiger partial charge >= 0.3 is 0 Å². The smallest absolute Gasteiger partial charge is 0.172 e.